The molecule has 6 N–H and O–H groups in total. The summed E-state index contributed by atoms with van der Waals surface area (Å²) in [5.74, 6) is -0.723. The molecule has 0 saturated heterocycles. The van der Waals surface area contributed by atoms with E-state index in [2.05, 4.69) is 0 Å². The quantitative estimate of drug-likeness (QED) is 0.339. The van der Waals surface area contributed by atoms with Gasteiger partial charge in [-0.15, -0.1) is 0 Å². The molecule has 0 radical (unpaired) electrons. The van der Waals surface area contributed by atoms with Crippen molar-refractivity contribution in [3.8, 4) is 22.6 Å². The van der Waals surface area contributed by atoms with Crippen LogP contribution in [0.5, 0.6) is 11.5 Å². The zero-order valence-electron chi connectivity index (χ0n) is 15.4. The number of rotatable bonds is 11. The Kier molecular flexibility index (Phi) is 7.50. The summed E-state index contributed by atoms with van der Waals surface area (Å²) in [5, 5.41) is 17.3. The van der Waals surface area contributed by atoms with Gasteiger partial charge in [-0.05, 0) is 48.2 Å². The van der Waals surface area contributed by atoms with Gasteiger partial charge < -0.3 is 31.2 Å². The van der Waals surface area contributed by atoms with Gasteiger partial charge in [0.2, 0.25) is 0 Å². The predicted octanol–water partition coefficient (Wildman–Crippen LogP) is 3.01. The molecule has 0 spiro atoms. The Morgan fingerprint density at radius 2 is 1.14 bits per heavy atom. The molecule has 0 bridgehead atoms. The van der Waals surface area contributed by atoms with Gasteiger partial charge in [0.25, 0.3) is 0 Å². The number of benzene rings is 2. The third-order valence-corrected chi connectivity index (χ3v) is 3.94. The lowest BCUT2D eigenvalue weighted by Crippen LogP contribution is -2.04. The molecule has 0 unspecified atom stereocenters. The summed E-state index contributed by atoms with van der Waals surface area (Å²) in [4.78, 5) is 21.0. The molecule has 2 aromatic rings. The SMILES string of the molecule is Nc1cc(-c2ccc(OCCCC(=O)O)c(N)c2)ccc1OCCCC(=O)O. The van der Waals surface area contributed by atoms with Crippen LogP contribution in [0.25, 0.3) is 11.1 Å². The van der Waals surface area contributed by atoms with Crippen molar-refractivity contribution in [3.63, 3.8) is 0 Å². The van der Waals surface area contributed by atoms with Crippen molar-refractivity contribution in [1.29, 1.82) is 0 Å². The van der Waals surface area contributed by atoms with E-state index in [1.165, 1.54) is 0 Å². The van der Waals surface area contributed by atoms with Gasteiger partial charge >= 0.3 is 11.9 Å². The Labute approximate surface area is 162 Å². The van der Waals surface area contributed by atoms with Crippen LogP contribution in [0.1, 0.15) is 25.7 Å². The van der Waals surface area contributed by atoms with E-state index in [-0.39, 0.29) is 26.1 Å². The van der Waals surface area contributed by atoms with E-state index in [1.807, 2.05) is 12.1 Å². The summed E-state index contributed by atoms with van der Waals surface area (Å²) < 4.78 is 11.0. The average Bonchev–Trinajstić information content (AvgIpc) is 2.64. The van der Waals surface area contributed by atoms with Gasteiger partial charge in [-0.1, -0.05) is 12.1 Å². The van der Waals surface area contributed by atoms with Crippen LogP contribution in [-0.2, 0) is 9.59 Å². The van der Waals surface area contributed by atoms with Crippen molar-refractivity contribution >= 4 is 23.3 Å². The Morgan fingerprint density at radius 1 is 0.750 bits per heavy atom. The van der Waals surface area contributed by atoms with Crippen molar-refractivity contribution in [2.75, 3.05) is 24.7 Å². The van der Waals surface area contributed by atoms with E-state index in [4.69, 9.17) is 31.2 Å². The minimum Gasteiger partial charge on any atom is -0.491 e. The van der Waals surface area contributed by atoms with Crippen LogP contribution in [0, 0.1) is 0 Å². The van der Waals surface area contributed by atoms with Gasteiger partial charge in [0.1, 0.15) is 11.5 Å². The molecule has 8 nitrogen and oxygen atoms in total. The van der Waals surface area contributed by atoms with Gasteiger partial charge in [-0.3, -0.25) is 9.59 Å². The van der Waals surface area contributed by atoms with E-state index in [0.717, 1.165) is 11.1 Å². The van der Waals surface area contributed by atoms with Crippen LogP contribution < -0.4 is 20.9 Å². The first-order valence-corrected chi connectivity index (χ1v) is 8.85. The molecule has 0 aliphatic carbocycles. The highest BCUT2D eigenvalue weighted by Crippen LogP contribution is 2.32. The number of carboxylic acids is 2. The number of hydrogen-bond donors (Lipinski definition) is 4. The number of nitrogens with two attached hydrogens (primary N) is 2. The second-order valence-electron chi connectivity index (χ2n) is 6.20. The third-order valence-electron chi connectivity index (χ3n) is 3.94. The standard InChI is InChI=1S/C20H24N2O6/c21-15-11-13(5-7-17(15)27-9-1-3-19(23)24)14-6-8-18(16(22)12-14)28-10-2-4-20(25)26/h5-8,11-12H,1-4,9-10,21-22H2,(H,23,24)(H,25,26). The van der Waals surface area contributed by atoms with Crippen molar-refractivity contribution < 1.29 is 29.3 Å². The molecule has 0 fully saturated rings. The van der Waals surface area contributed by atoms with Crippen molar-refractivity contribution in [1.82, 2.24) is 0 Å². The van der Waals surface area contributed by atoms with E-state index in [9.17, 15) is 9.59 Å². The summed E-state index contributed by atoms with van der Waals surface area (Å²) in [6, 6.07) is 10.7. The topological polar surface area (TPSA) is 145 Å². The van der Waals surface area contributed by atoms with E-state index in [1.54, 1.807) is 24.3 Å². The molecule has 0 aliphatic rings. The van der Waals surface area contributed by atoms with Crippen LogP contribution >= 0.6 is 0 Å². The van der Waals surface area contributed by atoms with Crippen LogP contribution in [0.15, 0.2) is 36.4 Å². The van der Waals surface area contributed by atoms with Crippen LogP contribution in [-0.4, -0.2) is 35.4 Å². The molecular formula is C20H24N2O6. The molecular weight excluding hydrogens is 364 g/mol. The number of carbonyl (C=O) groups is 2. The summed E-state index contributed by atoms with van der Waals surface area (Å²) in [6.45, 7) is 0.549. The fourth-order valence-corrected chi connectivity index (χ4v) is 2.53. The molecule has 2 rings (SSSR count). The first-order chi connectivity index (χ1) is 13.4. The maximum Gasteiger partial charge on any atom is 0.303 e. The van der Waals surface area contributed by atoms with Crippen LogP contribution in [0.4, 0.5) is 11.4 Å². The van der Waals surface area contributed by atoms with Crippen LogP contribution in [0.2, 0.25) is 0 Å². The molecule has 8 heteroatoms. The highest BCUT2D eigenvalue weighted by Gasteiger charge is 2.08. The lowest BCUT2D eigenvalue weighted by Gasteiger charge is -2.12. The largest absolute Gasteiger partial charge is 0.491 e. The fraction of sp³-hybridized carbons (Fsp3) is 0.300. The Morgan fingerprint density at radius 3 is 1.46 bits per heavy atom. The first kappa shape index (κ1) is 20.9. The average molecular weight is 388 g/mol. The maximum atomic E-state index is 10.5. The van der Waals surface area contributed by atoms with Crippen molar-refractivity contribution in [2.24, 2.45) is 0 Å². The highest BCUT2D eigenvalue weighted by molar-refractivity contribution is 5.74. The maximum absolute atomic E-state index is 10.5. The summed E-state index contributed by atoms with van der Waals surface area (Å²) >= 11 is 0. The lowest BCUT2D eigenvalue weighted by molar-refractivity contribution is -0.138. The van der Waals surface area contributed by atoms with Gasteiger partial charge in [0.05, 0.1) is 24.6 Å². The summed E-state index contributed by atoms with van der Waals surface area (Å²) in [5.41, 5.74) is 14.6. The number of anilines is 2. The smallest absolute Gasteiger partial charge is 0.303 e. The number of aliphatic carboxylic acids is 2. The first-order valence-electron chi connectivity index (χ1n) is 8.85. The molecule has 28 heavy (non-hydrogen) atoms. The highest BCUT2D eigenvalue weighted by atomic mass is 16.5. The predicted molar refractivity (Wildman–Crippen MR) is 105 cm³/mol. The third kappa shape index (κ3) is 6.39. The number of nitrogen functional groups attached to an aromatic ring is 2. The molecule has 2 aromatic carbocycles. The lowest BCUT2D eigenvalue weighted by atomic mass is 10.0. The van der Waals surface area contributed by atoms with Gasteiger partial charge in [-0.25, -0.2) is 0 Å². The van der Waals surface area contributed by atoms with Gasteiger partial charge in [0.15, 0.2) is 0 Å². The monoisotopic (exact) mass is 388 g/mol. The molecule has 0 atom stereocenters. The van der Waals surface area contributed by atoms with Gasteiger partial charge in [-0.2, -0.15) is 0 Å². The minimum atomic E-state index is -0.862. The van der Waals surface area contributed by atoms with E-state index in [0.29, 0.717) is 35.7 Å². The summed E-state index contributed by atoms with van der Waals surface area (Å²) in [7, 11) is 0. The number of carboxylic acid groups (broad SMARTS) is 2. The molecule has 0 heterocycles. The molecule has 0 amide bonds. The zero-order chi connectivity index (χ0) is 20.5. The summed E-state index contributed by atoms with van der Waals surface area (Å²) in [6.07, 6.45) is 0.895. The van der Waals surface area contributed by atoms with Crippen LogP contribution in [0.3, 0.4) is 0 Å². The molecule has 0 saturated carbocycles. The van der Waals surface area contributed by atoms with Crippen molar-refractivity contribution in [2.45, 2.75) is 25.7 Å². The zero-order valence-corrected chi connectivity index (χ0v) is 15.4. The Balaban J connectivity index is 1.98. The van der Waals surface area contributed by atoms with E-state index < -0.39 is 11.9 Å². The second-order valence-corrected chi connectivity index (χ2v) is 6.20. The second kappa shape index (κ2) is 10.1. The normalized spacial score (nSPS) is 10.4. The fourth-order valence-electron chi connectivity index (χ4n) is 2.53. The number of hydrogen-bond acceptors (Lipinski definition) is 6. The number of ether oxygens (including phenoxy) is 2. The molecule has 0 aromatic heterocycles. The van der Waals surface area contributed by atoms with Crippen molar-refractivity contribution in [3.05, 3.63) is 36.4 Å². The Hall–Kier alpha value is -3.42. The van der Waals surface area contributed by atoms with E-state index >= 15 is 0 Å². The Bertz CT molecular complexity index is 768. The van der Waals surface area contributed by atoms with Gasteiger partial charge in [0, 0.05) is 12.8 Å². The minimum absolute atomic E-state index is 0.0436. The molecule has 0 aliphatic heterocycles. The molecule has 150 valence electrons.